The number of hydrogen-bond donors (Lipinski definition) is 2. The average molecular weight is 166 g/mol. The van der Waals surface area contributed by atoms with Gasteiger partial charge in [0, 0.05) is 6.20 Å². The molecule has 4 nitrogen and oxygen atoms in total. The Kier molecular flexibility index (Phi) is 2.76. The lowest BCUT2D eigenvalue weighted by atomic mass is 10.2. The van der Waals surface area contributed by atoms with Crippen LogP contribution in [0.15, 0.2) is 24.4 Å². The maximum atomic E-state index is 10.6. The van der Waals surface area contributed by atoms with Crippen molar-refractivity contribution >= 4 is 5.97 Å². The van der Waals surface area contributed by atoms with Crippen LogP contribution in [0.1, 0.15) is 11.7 Å². The normalized spacial score (nSPS) is 12.4. The van der Waals surface area contributed by atoms with Gasteiger partial charge in [-0.05, 0) is 19.2 Å². The summed E-state index contributed by atoms with van der Waals surface area (Å²) in [6, 6.07) is 4.47. The molecule has 12 heavy (non-hydrogen) atoms. The molecule has 0 aliphatic heterocycles. The fraction of sp³-hybridized carbons (Fsp3) is 0.250. The van der Waals surface area contributed by atoms with Gasteiger partial charge in [-0.2, -0.15) is 0 Å². The van der Waals surface area contributed by atoms with E-state index in [0.29, 0.717) is 5.69 Å². The Balaban J connectivity index is 2.88. The number of hydrogen-bond acceptors (Lipinski definition) is 3. The summed E-state index contributed by atoms with van der Waals surface area (Å²) >= 11 is 0. The van der Waals surface area contributed by atoms with Gasteiger partial charge in [0.15, 0.2) is 0 Å². The maximum absolute atomic E-state index is 10.6. The van der Waals surface area contributed by atoms with E-state index >= 15 is 0 Å². The number of carboxylic acid groups (broad SMARTS) is 1. The lowest BCUT2D eigenvalue weighted by molar-refractivity contribution is -0.139. The van der Waals surface area contributed by atoms with Gasteiger partial charge in [0.2, 0.25) is 0 Å². The molecule has 0 amide bonds. The second kappa shape index (κ2) is 3.82. The van der Waals surface area contributed by atoms with Crippen LogP contribution in [0.3, 0.4) is 0 Å². The largest absolute Gasteiger partial charge is 0.480 e. The fourth-order valence-electron chi connectivity index (χ4n) is 0.945. The van der Waals surface area contributed by atoms with Gasteiger partial charge in [-0.3, -0.25) is 9.78 Å². The van der Waals surface area contributed by atoms with Gasteiger partial charge in [-0.15, -0.1) is 0 Å². The van der Waals surface area contributed by atoms with Crippen LogP contribution in [-0.4, -0.2) is 23.1 Å². The minimum absolute atomic E-state index is 0.521. The molecule has 1 atom stereocenters. The Morgan fingerprint density at radius 2 is 2.42 bits per heavy atom. The van der Waals surface area contributed by atoms with E-state index in [1.165, 1.54) is 0 Å². The molecule has 1 heterocycles. The molecule has 2 N–H and O–H groups in total. The summed E-state index contributed by atoms with van der Waals surface area (Å²) in [5, 5.41) is 11.4. The molecule has 0 unspecified atom stereocenters. The third-order valence-corrected chi connectivity index (χ3v) is 1.52. The summed E-state index contributed by atoms with van der Waals surface area (Å²) in [6.45, 7) is 0. The summed E-state index contributed by atoms with van der Waals surface area (Å²) in [5.74, 6) is -0.920. The van der Waals surface area contributed by atoms with Crippen molar-refractivity contribution < 1.29 is 9.90 Å². The molecule has 0 fully saturated rings. The number of aliphatic carboxylic acids is 1. The van der Waals surface area contributed by atoms with Crippen LogP contribution in [-0.2, 0) is 4.79 Å². The summed E-state index contributed by atoms with van der Waals surface area (Å²) < 4.78 is 0. The van der Waals surface area contributed by atoms with Crippen LogP contribution in [0.5, 0.6) is 0 Å². The summed E-state index contributed by atoms with van der Waals surface area (Å²) in [5.41, 5.74) is 0.521. The van der Waals surface area contributed by atoms with Crippen molar-refractivity contribution in [3.63, 3.8) is 0 Å². The van der Waals surface area contributed by atoms with Crippen molar-refractivity contribution in [2.24, 2.45) is 0 Å². The van der Waals surface area contributed by atoms with E-state index in [4.69, 9.17) is 5.11 Å². The summed E-state index contributed by atoms with van der Waals surface area (Å²) in [6.07, 6.45) is 1.57. The van der Waals surface area contributed by atoms with Crippen molar-refractivity contribution in [2.75, 3.05) is 7.05 Å². The molecule has 0 bridgehead atoms. The molecule has 0 spiro atoms. The zero-order chi connectivity index (χ0) is 8.97. The first-order chi connectivity index (χ1) is 5.75. The molecule has 0 aliphatic rings. The zero-order valence-electron chi connectivity index (χ0n) is 6.69. The minimum Gasteiger partial charge on any atom is -0.480 e. The van der Waals surface area contributed by atoms with E-state index in [-0.39, 0.29) is 0 Å². The number of aromatic nitrogens is 1. The quantitative estimate of drug-likeness (QED) is 0.683. The van der Waals surface area contributed by atoms with Crippen molar-refractivity contribution in [3.05, 3.63) is 30.1 Å². The van der Waals surface area contributed by atoms with E-state index in [1.807, 2.05) is 0 Å². The van der Waals surface area contributed by atoms with Crippen molar-refractivity contribution in [1.82, 2.24) is 10.3 Å². The number of carbonyl (C=O) groups is 1. The third kappa shape index (κ3) is 1.79. The van der Waals surface area contributed by atoms with Crippen molar-refractivity contribution in [1.29, 1.82) is 0 Å². The predicted octanol–water partition coefficient (Wildman–Crippen LogP) is 0.427. The monoisotopic (exact) mass is 166 g/mol. The molecule has 0 saturated carbocycles. The lowest BCUT2D eigenvalue weighted by Crippen LogP contribution is -2.25. The first-order valence-electron chi connectivity index (χ1n) is 3.56. The Labute approximate surface area is 70.3 Å². The summed E-state index contributed by atoms with van der Waals surface area (Å²) in [7, 11) is 1.59. The highest BCUT2D eigenvalue weighted by Gasteiger charge is 2.17. The highest BCUT2D eigenvalue weighted by molar-refractivity contribution is 5.74. The number of nitrogens with zero attached hydrogens (tertiary/aromatic N) is 1. The second-order valence-electron chi connectivity index (χ2n) is 2.31. The van der Waals surface area contributed by atoms with Crippen LogP contribution in [0.4, 0.5) is 0 Å². The predicted molar refractivity (Wildman–Crippen MR) is 43.7 cm³/mol. The Morgan fingerprint density at radius 1 is 1.67 bits per heavy atom. The van der Waals surface area contributed by atoms with Crippen molar-refractivity contribution in [2.45, 2.75) is 6.04 Å². The van der Waals surface area contributed by atoms with Crippen LogP contribution < -0.4 is 5.32 Å². The van der Waals surface area contributed by atoms with Gasteiger partial charge in [0.25, 0.3) is 0 Å². The van der Waals surface area contributed by atoms with Gasteiger partial charge < -0.3 is 10.4 Å². The van der Waals surface area contributed by atoms with E-state index in [9.17, 15) is 4.79 Å². The molecule has 64 valence electrons. The van der Waals surface area contributed by atoms with E-state index in [2.05, 4.69) is 10.3 Å². The minimum atomic E-state index is -0.920. The molecule has 0 aromatic carbocycles. The zero-order valence-corrected chi connectivity index (χ0v) is 6.69. The number of rotatable bonds is 3. The topological polar surface area (TPSA) is 62.2 Å². The van der Waals surface area contributed by atoms with E-state index in [0.717, 1.165) is 0 Å². The van der Waals surface area contributed by atoms with Crippen LogP contribution >= 0.6 is 0 Å². The highest BCUT2D eigenvalue weighted by atomic mass is 16.4. The fourth-order valence-corrected chi connectivity index (χ4v) is 0.945. The van der Waals surface area contributed by atoms with Gasteiger partial charge >= 0.3 is 5.97 Å². The Bertz CT molecular complexity index is 261. The molecule has 1 rings (SSSR count). The van der Waals surface area contributed by atoms with Crippen LogP contribution in [0, 0.1) is 0 Å². The SMILES string of the molecule is CN[C@@H](C(=O)O)c1ccccn1. The standard InChI is InChI=1S/C8H10N2O2/c1-9-7(8(11)12)6-4-2-3-5-10-6/h2-5,7,9H,1H3,(H,11,12)/t7-/m1/s1. The second-order valence-corrected chi connectivity index (χ2v) is 2.31. The van der Waals surface area contributed by atoms with Crippen molar-refractivity contribution in [3.8, 4) is 0 Å². The molecule has 0 radical (unpaired) electrons. The van der Waals surface area contributed by atoms with Crippen LogP contribution in [0.2, 0.25) is 0 Å². The van der Waals surface area contributed by atoms with Gasteiger partial charge in [-0.1, -0.05) is 6.07 Å². The number of pyridine rings is 1. The maximum Gasteiger partial charge on any atom is 0.326 e. The van der Waals surface area contributed by atoms with Gasteiger partial charge in [-0.25, -0.2) is 0 Å². The van der Waals surface area contributed by atoms with Gasteiger partial charge in [0.05, 0.1) is 5.69 Å². The van der Waals surface area contributed by atoms with E-state index < -0.39 is 12.0 Å². The molecule has 1 aromatic heterocycles. The third-order valence-electron chi connectivity index (χ3n) is 1.52. The molecular formula is C8H10N2O2. The molecule has 4 heteroatoms. The molecular weight excluding hydrogens is 156 g/mol. The number of carboxylic acids is 1. The first-order valence-corrected chi connectivity index (χ1v) is 3.56. The molecule has 1 aromatic rings. The van der Waals surface area contributed by atoms with E-state index in [1.54, 1.807) is 31.4 Å². The summed E-state index contributed by atoms with van der Waals surface area (Å²) in [4.78, 5) is 14.6. The molecule has 0 saturated heterocycles. The van der Waals surface area contributed by atoms with Gasteiger partial charge in [0.1, 0.15) is 6.04 Å². The average Bonchev–Trinajstić information content (AvgIpc) is 2.07. The smallest absolute Gasteiger partial charge is 0.326 e. The highest BCUT2D eigenvalue weighted by Crippen LogP contribution is 2.07. The number of nitrogens with one attached hydrogen (secondary N) is 1. The lowest BCUT2D eigenvalue weighted by Gasteiger charge is -2.08. The number of likely N-dealkylation sites (N-methyl/N-ethyl adjacent to an activating group) is 1. The van der Waals surface area contributed by atoms with Crippen LogP contribution in [0.25, 0.3) is 0 Å². The first kappa shape index (κ1) is 8.67. The molecule has 0 aliphatic carbocycles. The Morgan fingerprint density at radius 3 is 2.83 bits per heavy atom. The Hall–Kier alpha value is -1.42.